The van der Waals surface area contributed by atoms with Crippen LogP contribution in [0.25, 0.3) is 0 Å². The van der Waals surface area contributed by atoms with E-state index in [9.17, 15) is 4.79 Å². The molecule has 0 saturated carbocycles. The summed E-state index contributed by atoms with van der Waals surface area (Å²) >= 11 is 0. The Bertz CT molecular complexity index is 732. The number of nitrogens with zero attached hydrogens (tertiary/aromatic N) is 2. The summed E-state index contributed by atoms with van der Waals surface area (Å²) in [5.41, 5.74) is 1.98. The van der Waals surface area contributed by atoms with Crippen LogP contribution < -0.4 is 0 Å². The summed E-state index contributed by atoms with van der Waals surface area (Å²) in [4.78, 5) is 16.8. The van der Waals surface area contributed by atoms with Crippen LogP contribution in [0.3, 0.4) is 0 Å². The number of hydrogen-bond donors (Lipinski definition) is 0. The molecule has 156 valence electrons. The van der Waals surface area contributed by atoms with Gasteiger partial charge < -0.3 is 14.4 Å². The molecule has 0 aliphatic carbocycles. The monoisotopic (exact) mass is 396 g/mol. The van der Waals surface area contributed by atoms with Gasteiger partial charge in [0.05, 0.1) is 18.7 Å². The van der Waals surface area contributed by atoms with E-state index < -0.39 is 5.60 Å². The van der Waals surface area contributed by atoms with E-state index >= 15 is 0 Å². The second-order valence-corrected chi connectivity index (χ2v) is 8.60. The fraction of sp³-hybridized carbons (Fsp3) is 0.458. The topological polar surface area (TPSA) is 42.0 Å². The van der Waals surface area contributed by atoms with Crippen LogP contribution in [0.15, 0.2) is 60.7 Å². The lowest BCUT2D eigenvalue weighted by atomic mass is 10.1. The first-order valence-corrected chi connectivity index (χ1v) is 10.2. The minimum atomic E-state index is -0.508. The molecule has 2 atom stereocenters. The molecular weight excluding hydrogens is 364 g/mol. The number of likely N-dealkylation sites (tertiary alicyclic amines) is 1. The number of carbonyl (C=O) groups is 1. The van der Waals surface area contributed by atoms with Crippen molar-refractivity contribution < 1.29 is 14.3 Å². The Morgan fingerprint density at radius 3 is 1.93 bits per heavy atom. The van der Waals surface area contributed by atoms with Crippen molar-refractivity contribution in [3.63, 3.8) is 0 Å². The van der Waals surface area contributed by atoms with E-state index in [0.717, 1.165) is 13.1 Å². The van der Waals surface area contributed by atoms with Crippen LogP contribution in [-0.4, -0.2) is 53.8 Å². The van der Waals surface area contributed by atoms with Crippen LogP contribution >= 0.6 is 0 Å². The smallest absolute Gasteiger partial charge is 0.410 e. The van der Waals surface area contributed by atoms with Crippen LogP contribution in [0.2, 0.25) is 0 Å². The number of rotatable bonds is 6. The van der Waals surface area contributed by atoms with E-state index in [2.05, 4.69) is 53.4 Å². The lowest BCUT2D eigenvalue weighted by molar-refractivity contribution is 0.0242. The first-order chi connectivity index (χ1) is 13.9. The molecule has 0 bridgehead atoms. The second-order valence-electron chi connectivity index (χ2n) is 8.60. The van der Waals surface area contributed by atoms with Gasteiger partial charge in [-0.25, -0.2) is 4.79 Å². The minimum Gasteiger partial charge on any atom is -0.444 e. The molecule has 3 rings (SSSR count). The molecule has 29 heavy (non-hydrogen) atoms. The van der Waals surface area contributed by atoms with Gasteiger partial charge in [0.25, 0.3) is 0 Å². The van der Waals surface area contributed by atoms with Gasteiger partial charge in [-0.2, -0.15) is 0 Å². The van der Waals surface area contributed by atoms with Gasteiger partial charge >= 0.3 is 6.09 Å². The van der Waals surface area contributed by atoms with E-state index in [-0.39, 0.29) is 18.2 Å². The quantitative estimate of drug-likeness (QED) is 0.729. The van der Waals surface area contributed by atoms with Gasteiger partial charge in [-0.3, -0.25) is 4.90 Å². The van der Waals surface area contributed by atoms with Crippen LogP contribution in [0, 0.1) is 0 Å². The van der Waals surface area contributed by atoms with Crippen molar-refractivity contribution in [3.05, 3.63) is 71.8 Å². The molecule has 2 aromatic rings. The van der Waals surface area contributed by atoms with Crippen molar-refractivity contribution in [1.82, 2.24) is 9.80 Å². The summed E-state index contributed by atoms with van der Waals surface area (Å²) in [6.07, 6.45) is -0.337. The summed E-state index contributed by atoms with van der Waals surface area (Å²) in [6, 6.07) is 21.0. The van der Waals surface area contributed by atoms with Crippen LogP contribution in [0.4, 0.5) is 4.79 Å². The van der Waals surface area contributed by atoms with Crippen LogP contribution in [0.1, 0.15) is 31.9 Å². The van der Waals surface area contributed by atoms with Gasteiger partial charge in [-0.1, -0.05) is 60.7 Å². The molecule has 2 unspecified atom stereocenters. The SMILES string of the molecule is COC1CN(C(=O)OC(C)(C)C)CC1N(Cc1ccccc1)Cc1ccccc1. The molecule has 5 nitrogen and oxygen atoms in total. The van der Waals surface area contributed by atoms with E-state index in [4.69, 9.17) is 9.47 Å². The Morgan fingerprint density at radius 2 is 1.48 bits per heavy atom. The van der Waals surface area contributed by atoms with Gasteiger partial charge in [0.1, 0.15) is 5.60 Å². The molecule has 1 amide bonds. The highest BCUT2D eigenvalue weighted by Crippen LogP contribution is 2.24. The molecule has 0 radical (unpaired) electrons. The second kappa shape index (κ2) is 9.42. The third-order valence-corrected chi connectivity index (χ3v) is 5.12. The number of carbonyl (C=O) groups excluding carboxylic acids is 1. The molecule has 2 aromatic carbocycles. The predicted molar refractivity (Wildman–Crippen MR) is 115 cm³/mol. The zero-order valence-corrected chi connectivity index (χ0v) is 17.9. The maximum Gasteiger partial charge on any atom is 0.410 e. The Hall–Kier alpha value is -2.37. The fourth-order valence-electron chi connectivity index (χ4n) is 3.74. The van der Waals surface area contributed by atoms with Crippen LogP contribution in [-0.2, 0) is 22.6 Å². The molecule has 0 spiro atoms. The first kappa shape index (κ1) is 21.3. The third kappa shape index (κ3) is 6.05. The Balaban J connectivity index is 1.80. The largest absolute Gasteiger partial charge is 0.444 e. The molecule has 1 fully saturated rings. The molecule has 5 heteroatoms. The molecule has 0 aromatic heterocycles. The number of amides is 1. The van der Waals surface area contributed by atoms with Gasteiger partial charge in [0, 0.05) is 26.7 Å². The van der Waals surface area contributed by atoms with Crippen LogP contribution in [0.5, 0.6) is 0 Å². The standard InChI is InChI=1S/C24H32N2O3/c1-24(2,3)29-23(27)26-17-21(22(18-26)28-4)25(15-19-11-7-5-8-12-19)16-20-13-9-6-10-14-20/h5-14,21-22H,15-18H2,1-4H3. The number of methoxy groups -OCH3 is 1. The van der Waals surface area contributed by atoms with Gasteiger partial charge in [-0.15, -0.1) is 0 Å². The highest BCUT2D eigenvalue weighted by atomic mass is 16.6. The van der Waals surface area contributed by atoms with Crippen molar-refractivity contribution in [2.75, 3.05) is 20.2 Å². The third-order valence-electron chi connectivity index (χ3n) is 5.12. The molecule has 1 heterocycles. The fourth-order valence-corrected chi connectivity index (χ4v) is 3.74. The minimum absolute atomic E-state index is 0.0602. The van der Waals surface area contributed by atoms with Crippen molar-refractivity contribution in [1.29, 1.82) is 0 Å². The Labute approximate surface area is 174 Å². The maximum atomic E-state index is 12.6. The normalized spacial score (nSPS) is 19.6. The van der Waals surface area contributed by atoms with Gasteiger partial charge in [0.15, 0.2) is 0 Å². The summed E-state index contributed by atoms with van der Waals surface area (Å²) in [7, 11) is 1.72. The van der Waals surface area contributed by atoms with Gasteiger partial charge in [0.2, 0.25) is 0 Å². The predicted octanol–water partition coefficient (Wildman–Crippen LogP) is 4.32. The number of hydrogen-bond acceptors (Lipinski definition) is 4. The van der Waals surface area contributed by atoms with E-state index in [1.807, 2.05) is 32.9 Å². The highest BCUT2D eigenvalue weighted by molar-refractivity contribution is 5.68. The lowest BCUT2D eigenvalue weighted by Gasteiger charge is -2.32. The Morgan fingerprint density at radius 1 is 0.966 bits per heavy atom. The number of ether oxygens (including phenoxy) is 2. The van der Waals surface area contributed by atoms with E-state index in [1.54, 1.807) is 12.0 Å². The average Bonchev–Trinajstić information content (AvgIpc) is 3.12. The summed E-state index contributed by atoms with van der Waals surface area (Å²) in [5, 5.41) is 0. The first-order valence-electron chi connectivity index (χ1n) is 10.2. The van der Waals surface area contributed by atoms with Crippen molar-refractivity contribution in [2.24, 2.45) is 0 Å². The van der Waals surface area contributed by atoms with Crippen molar-refractivity contribution in [3.8, 4) is 0 Å². The summed E-state index contributed by atoms with van der Waals surface area (Å²) < 4.78 is 11.4. The van der Waals surface area contributed by atoms with E-state index in [1.165, 1.54) is 11.1 Å². The summed E-state index contributed by atoms with van der Waals surface area (Å²) in [5.74, 6) is 0. The van der Waals surface area contributed by atoms with Crippen molar-refractivity contribution in [2.45, 2.75) is 51.6 Å². The molecular formula is C24H32N2O3. The molecule has 1 saturated heterocycles. The molecule has 0 N–H and O–H groups in total. The molecule has 1 aliphatic heterocycles. The number of benzene rings is 2. The van der Waals surface area contributed by atoms with Gasteiger partial charge in [-0.05, 0) is 31.9 Å². The zero-order chi connectivity index (χ0) is 20.9. The zero-order valence-electron chi connectivity index (χ0n) is 17.9. The lowest BCUT2D eigenvalue weighted by Crippen LogP contribution is -2.43. The highest BCUT2D eigenvalue weighted by Gasteiger charge is 2.40. The average molecular weight is 397 g/mol. The van der Waals surface area contributed by atoms with Crippen molar-refractivity contribution >= 4 is 6.09 Å². The maximum absolute atomic E-state index is 12.6. The summed E-state index contributed by atoms with van der Waals surface area (Å²) in [6.45, 7) is 8.39. The Kier molecular flexibility index (Phi) is 6.93. The molecule has 1 aliphatic rings. The van der Waals surface area contributed by atoms with E-state index in [0.29, 0.717) is 13.1 Å².